The van der Waals surface area contributed by atoms with E-state index in [9.17, 15) is 4.39 Å². The zero-order valence-corrected chi connectivity index (χ0v) is 12.1. The number of nitrogens with zero attached hydrogens (tertiary/aromatic N) is 2. The topological polar surface area (TPSA) is 41.6 Å². The minimum absolute atomic E-state index is 0.296. The maximum Gasteiger partial charge on any atom is 0.150 e. The smallest absolute Gasteiger partial charge is 0.150 e. The number of nitrogens with one attached hydrogen (secondary N) is 1. The maximum atomic E-state index is 13.4. The van der Waals surface area contributed by atoms with E-state index in [1.54, 1.807) is 17.4 Å². The Hall–Kier alpha value is -1.27. The van der Waals surface area contributed by atoms with Gasteiger partial charge in [0.25, 0.3) is 0 Å². The lowest BCUT2D eigenvalue weighted by atomic mass is 10.3. The molecule has 0 atom stereocenters. The van der Waals surface area contributed by atoms with E-state index in [0.29, 0.717) is 9.99 Å². The van der Waals surface area contributed by atoms with Gasteiger partial charge in [-0.05, 0) is 35.8 Å². The number of halogens is 2. The third kappa shape index (κ3) is 1.85. The van der Waals surface area contributed by atoms with Crippen LogP contribution < -0.4 is 0 Å². The molecule has 3 rings (SSSR count). The molecule has 3 nitrogen and oxygen atoms in total. The molecule has 0 saturated carbocycles. The fourth-order valence-electron chi connectivity index (χ4n) is 1.86. The van der Waals surface area contributed by atoms with E-state index in [2.05, 4.69) is 30.9 Å². The first-order valence-corrected chi connectivity index (χ1v) is 6.94. The minimum atomic E-state index is -0.296. The SMILES string of the molecule is Cc1nc(C)c(-c2nc3cc(Br)c(F)cc3[nH]2)s1. The summed E-state index contributed by atoms with van der Waals surface area (Å²) in [4.78, 5) is 13.0. The molecule has 92 valence electrons. The van der Waals surface area contributed by atoms with Crippen molar-refractivity contribution in [2.45, 2.75) is 13.8 Å². The van der Waals surface area contributed by atoms with Crippen LogP contribution in [0.2, 0.25) is 0 Å². The molecule has 0 amide bonds. The number of fused-ring (bicyclic) bond motifs is 1. The highest BCUT2D eigenvalue weighted by molar-refractivity contribution is 9.10. The molecule has 2 aromatic heterocycles. The van der Waals surface area contributed by atoms with Crippen molar-refractivity contribution in [3.8, 4) is 10.7 Å². The zero-order valence-electron chi connectivity index (χ0n) is 9.71. The highest BCUT2D eigenvalue weighted by atomic mass is 79.9. The highest BCUT2D eigenvalue weighted by Gasteiger charge is 2.13. The molecule has 0 radical (unpaired) electrons. The summed E-state index contributed by atoms with van der Waals surface area (Å²) in [5.74, 6) is 0.445. The Bertz CT molecular complexity index is 708. The van der Waals surface area contributed by atoms with E-state index in [4.69, 9.17) is 0 Å². The first kappa shape index (κ1) is 11.8. The molecule has 0 aliphatic heterocycles. The van der Waals surface area contributed by atoms with Gasteiger partial charge in [0, 0.05) is 6.07 Å². The van der Waals surface area contributed by atoms with Crippen molar-refractivity contribution < 1.29 is 4.39 Å². The van der Waals surface area contributed by atoms with Crippen LogP contribution in [0.4, 0.5) is 4.39 Å². The molecule has 1 aromatic carbocycles. The number of hydrogen-bond donors (Lipinski definition) is 1. The molecular formula is C12H9BrFN3S. The van der Waals surface area contributed by atoms with Gasteiger partial charge in [-0.25, -0.2) is 14.4 Å². The summed E-state index contributed by atoms with van der Waals surface area (Å²) in [7, 11) is 0. The Kier molecular flexibility index (Phi) is 2.71. The number of H-pyrrole nitrogens is 1. The summed E-state index contributed by atoms with van der Waals surface area (Å²) in [6.07, 6.45) is 0. The van der Waals surface area contributed by atoms with Gasteiger partial charge in [0.15, 0.2) is 5.82 Å². The molecule has 1 N–H and O–H groups in total. The van der Waals surface area contributed by atoms with Crippen molar-refractivity contribution in [1.82, 2.24) is 15.0 Å². The fraction of sp³-hybridized carbons (Fsp3) is 0.167. The second kappa shape index (κ2) is 4.13. The van der Waals surface area contributed by atoms with Crippen LogP contribution in [0.15, 0.2) is 16.6 Å². The van der Waals surface area contributed by atoms with E-state index < -0.39 is 0 Å². The molecule has 0 unspecified atom stereocenters. The van der Waals surface area contributed by atoms with Crippen LogP contribution in [0, 0.1) is 19.7 Å². The molecule has 0 bridgehead atoms. The van der Waals surface area contributed by atoms with Crippen LogP contribution in [0.25, 0.3) is 21.7 Å². The fourth-order valence-corrected chi connectivity index (χ4v) is 3.06. The van der Waals surface area contributed by atoms with Crippen LogP contribution in [0.5, 0.6) is 0 Å². The number of imidazole rings is 1. The van der Waals surface area contributed by atoms with Gasteiger partial charge in [-0.2, -0.15) is 0 Å². The number of rotatable bonds is 1. The Labute approximate surface area is 115 Å². The van der Waals surface area contributed by atoms with Crippen LogP contribution in [0.3, 0.4) is 0 Å². The van der Waals surface area contributed by atoms with Gasteiger partial charge < -0.3 is 4.98 Å². The van der Waals surface area contributed by atoms with E-state index in [0.717, 1.165) is 26.9 Å². The molecule has 18 heavy (non-hydrogen) atoms. The second-order valence-corrected chi connectivity index (χ2v) is 6.07. The first-order valence-electron chi connectivity index (χ1n) is 5.34. The van der Waals surface area contributed by atoms with Gasteiger partial charge in [-0.15, -0.1) is 11.3 Å². The van der Waals surface area contributed by atoms with E-state index in [1.165, 1.54) is 6.07 Å². The van der Waals surface area contributed by atoms with Gasteiger partial charge in [-0.1, -0.05) is 0 Å². The molecule has 0 spiro atoms. The molecular weight excluding hydrogens is 317 g/mol. The Morgan fingerprint density at radius 1 is 1.28 bits per heavy atom. The predicted molar refractivity (Wildman–Crippen MR) is 74.3 cm³/mol. The van der Waals surface area contributed by atoms with Crippen molar-refractivity contribution >= 4 is 38.3 Å². The minimum Gasteiger partial charge on any atom is -0.337 e. The standard InChI is InChI=1S/C12H9BrFN3S/c1-5-11(18-6(2)15-5)12-16-9-3-7(13)8(14)4-10(9)17-12/h3-4H,1-2H3,(H,16,17). The van der Waals surface area contributed by atoms with Crippen LogP contribution in [-0.4, -0.2) is 15.0 Å². The molecule has 6 heteroatoms. The summed E-state index contributed by atoms with van der Waals surface area (Å²) < 4.78 is 13.9. The lowest BCUT2D eigenvalue weighted by Gasteiger charge is -1.92. The molecule has 2 heterocycles. The second-order valence-electron chi connectivity index (χ2n) is 4.02. The van der Waals surface area contributed by atoms with Gasteiger partial charge in [0.05, 0.1) is 31.1 Å². The summed E-state index contributed by atoms with van der Waals surface area (Å²) >= 11 is 4.74. The first-order chi connectivity index (χ1) is 8.54. The van der Waals surface area contributed by atoms with Gasteiger partial charge in [0.1, 0.15) is 5.82 Å². The predicted octanol–water partition coefficient (Wildman–Crippen LogP) is 4.20. The summed E-state index contributed by atoms with van der Waals surface area (Å²) in [5, 5.41) is 0.996. The Balaban J connectivity index is 2.22. The summed E-state index contributed by atoms with van der Waals surface area (Å²) in [5.41, 5.74) is 2.37. The maximum absolute atomic E-state index is 13.4. The van der Waals surface area contributed by atoms with Crippen molar-refractivity contribution in [1.29, 1.82) is 0 Å². The number of thiazole rings is 1. The largest absolute Gasteiger partial charge is 0.337 e. The van der Waals surface area contributed by atoms with Gasteiger partial charge >= 0.3 is 0 Å². The molecule has 3 aromatic rings. The van der Waals surface area contributed by atoms with E-state index in [1.807, 2.05) is 13.8 Å². The quantitative estimate of drug-likeness (QED) is 0.728. The van der Waals surface area contributed by atoms with Gasteiger partial charge in [0.2, 0.25) is 0 Å². The summed E-state index contributed by atoms with van der Waals surface area (Å²) in [6.45, 7) is 3.91. The highest BCUT2D eigenvalue weighted by Crippen LogP contribution is 2.30. The molecule has 0 fully saturated rings. The van der Waals surface area contributed by atoms with Crippen molar-refractivity contribution in [3.63, 3.8) is 0 Å². The van der Waals surface area contributed by atoms with Crippen molar-refractivity contribution in [2.75, 3.05) is 0 Å². The van der Waals surface area contributed by atoms with Crippen LogP contribution in [0.1, 0.15) is 10.7 Å². The third-order valence-electron chi connectivity index (χ3n) is 2.64. The third-order valence-corrected chi connectivity index (χ3v) is 4.33. The lowest BCUT2D eigenvalue weighted by Crippen LogP contribution is -1.79. The summed E-state index contributed by atoms with van der Waals surface area (Å²) in [6, 6.07) is 3.12. The molecule has 0 aliphatic rings. The number of aryl methyl sites for hydroxylation is 2. The van der Waals surface area contributed by atoms with Crippen LogP contribution >= 0.6 is 27.3 Å². The van der Waals surface area contributed by atoms with E-state index >= 15 is 0 Å². The average molecular weight is 326 g/mol. The van der Waals surface area contributed by atoms with Crippen LogP contribution in [-0.2, 0) is 0 Å². The molecule has 0 aliphatic carbocycles. The molecule has 0 saturated heterocycles. The average Bonchev–Trinajstić information content (AvgIpc) is 2.82. The van der Waals surface area contributed by atoms with Gasteiger partial charge in [-0.3, -0.25) is 0 Å². The lowest BCUT2D eigenvalue weighted by molar-refractivity contribution is 0.623. The van der Waals surface area contributed by atoms with Crippen molar-refractivity contribution in [2.24, 2.45) is 0 Å². The Morgan fingerprint density at radius 3 is 2.72 bits per heavy atom. The number of aromatic nitrogens is 3. The van der Waals surface area contributed by atoms with Crippen molar-refractivity contribution in [3.05, 3.63) is 33.1 Å². The monoisotopic (exact) mass is 325 g/mol. The van der Waals surface area contributed by atoms with E-state index in [-0.39, 0.29) is 5.82 Å². The zero-order chi connectivity index (χ0) is 12.9. The number of hydrogen-bond acceptors (Lipinski definition) is 3. The number of aromatic amines is 1. The number of benzene rings is 1. The normalized spacial score (nSPS) is 11.3. The Morgan fingerprint density at radius 2 is 2.06 bits per heavy atom.